The zero-order valence-electron chi connectivity index (χ0n) is 19.0. The van der Waals surface area contributed by atoms with Crippen LogP contribution < -0.4 is 10.6 Å². The standard InChI is InChI=1S/C27H22Cl2N4O3/c28-21-7-3-1-5-17(21)15-30-27(36)33-24(16-9-10-16)14-23(32-33)20-13-18(11-12-25(20)34)31-26(35)19-6-2-4-8-22(19)29/h1-8,11-14,16,34H,9-10,15H2,(H,30,36)(H,31,35). The lowest BCUT2D eigenvalue weighted by Crippen LogP contribution is -2.30. The summed E-state index contributed by atoms with van der Waals surface area (Å²) in [7, 11) is 0. The van der Waals surface area contributed by atoms with Gasteiger partial charge in [-0.2, -0.15) is 9.78 Å². The molecule has 182 valence electrons. The van der Waals surface area contributed by atoms with Crippen molar-refractivity contribution in [3.05, 3.63) is 99.7 Å². The van der Waals surface area contributed by atoms with Crippen LogP contribution in [0, 0.1) is 0 Å². The third-order valence-corrected chi connectivity index (χ3v) is 6.66. The van der Waals surface area contributed by atoms with Crippen LogP contribution in [0.4, 0.5) is 10.5 Å². The highest BCUT2D eigenvalue weighted by Gasteiger charge is 2.31. The van der Waals surface area contributed by atoms with Gasteiger partial charge in [0, 0.05) is 28.7 Å². The molecule has 0 unspecified atom stereocenters. The molecule has 0 atom stereocenters. The fourth-order valence-corrected chi connectivity index (χ4v) is 4.33. The van der Waals surface area contributed by atoms with E-state index in [9.17, 15) is 14.7 Å². The molecule has 0 spiro atoms. The number of phenols is 1. The lowest BCUT2D eigenvalue weighted by Gasteiger charge is -2.10. The Morgan fingerprint density at radius 2 is 1.69 bits per heavy atom. The maximum atomic E-state index is 13.0. The van der Waals surface area contributed by atoms with E-state index in [1.165, 1.54) is 10.7 Å². The normalized spacial score (nSPS) is 12.8. The first-order chi connectivity index (χ1) is 17.4. The van der Waals surface area contributed by atoms with Gasteiger partial charge in [0.05, 0.1) is 22.0 Å². The molecular weight excluding hydrogens is 499 g/mol. The van der Waals surface area contributed by atoms with Gasteiger partial charge in [-0.1, -0.05) is 53.5 Å². The number of anilines is 1. The smallest absolute Gasteiger partial charge is 0.342 e. The average Bonchev–Trinajstić information content (AvgIpc) is 3.63. The summed E-state index contributed by atoms with van der Waals surface area (Å²) in [6, 6.07) is 20.2. The first-order valence-electron chi connectivity index (χ1n) is 11.4. The number of nitrogens with one attached hydrogen (secondary N) is 2. The van der Waals surface area contributed by atoms with Crippen molar-refractivity contribution in [2.75, 3.05) is 5.32 Å². The Labute approximate surface area is 217 Å². The number of benzene rings is 3. The number of aromatic nitrogens is 2. The molecule has 3 N–H and O–H groups in total. The third-order valence-electron chi connectivity index (χ3n) is 5.96. The Balaban J connectivity index is 1.40. The molecule has 1 aliphatic rings. The highest BCUT2D eigenvalue weighted by atomic mass is 35.5. The topological polar surface area (TPSA) is 96.2 Å². The molecule has 1 fully saturated rings. The van der Waals surface area contributed by atoms with E-state index < -0.39 is 0 Å². The maximum Gasteiger partial charge on any atom is 0.342 e. The molecule has 5 rings (SSSR count). The molecule has 0 radical (unpaired) electrons. The van der Waals surface area contributed by atoms with E-state index in [0.717, 1.165) is 24.1 Å². The molecule has 1 aromatic heterocycles. The van der Waals surface area contributed by atoms with Gasteiger partial charge in [0.25, 0.3) is 5.91 Å². The van der Waals surface area contributed by atoms with Crippen LogP contribution in [0.2, 0.25) is 10.0 Å². The number of carbonyl (C=O) groups excluding carboxylic acids is 2. The van der Waals surface area contributed by atoms with Gasteiger partial charge in [-0.25, -0.2) is 4.79 Å². The summed E-state index contributed by atoms with van der Waals surface area (Å²) in [6.45, 7) is 0.257. The lowest BCUT2D eigenvalue weighted by atomic mass is 10.1. The molecule has 1 aliphatic carbocycles. The van der Waals surface area contributed by atoms with Crippen LogP contribution in [-0.2, 0) is 6.54 Å². The summed E-state index contributed by atoms with van der Waals surface area (Å²) in [6.07, 6.45) is 1.92. The zero-order chi connectivity index (χ0) is 25.2. The predicted octanol–water partition coefficient (Wildman–Crippen LogP) is 6.45. The van der Waals surface area contributed by atoms with Gasteiger partial charge >= 0.3 is 6.03 Å². The first kappa shape index (κ1) is 23.9. The van der Waals surface area contributed by atoms with Crippen LogP contribution in [0.5, 0.6) is 5.75 Å². The van der Waals surface area contributed by atoms with Gasteiger partial charge in [0.15, 0.2) is 0 Å². The van der Waals surface area contributed by atoms with Crippen molar-refractivity contribution in [1.29, 1.82) is 0 Å². The van der Waals surface area contributed by atoms with E-state index in [0.29, 0.717) is 32.6 Å². The van der Waals surface area contributed by atoms with Crippen molar-refractivity contribution in [2.24, 2.45) is 0 Å². The van der Waals surface area contributed by atoms with Crippen LogP contribution in [0.1, 0.15) is 40.4 Å². The lowest BCUT2D eigenvalue weighted by molar-refractivity contribution is 0.102. The molecule has 0 aliphatic heterocycles. The summed E-state index contributed by atoms with van der Waals surface area (Å²) in [5.74, 6) is -0.169. The number of nitrogens with zero attached hydrogens (tertiary/aromatic N) is 2. The Morgan fingerprint density at radius 3 is 2.42 bits per heavy atom. The second-order valence-electron chi connectivity index (χ2n) is 8.56. The number of amides is 2. The van der Waals surface area contributed by atoms with E-state index >= 15 is 0 Å². The Morgan fingerprint density at radius 1 is 0.972 bits per heavy atom. The summed E-state index contributed by atoms with van der Waals surface area (Å²) in [4.78, 5) is 25.7. The van der Waals surface area contributed by atoms with Crippen LogP contribution in [-0.4, -0.2) is 26.8 Å². The van der Waals surface area contributed by atoms with Crippen LogP contribution in [0.25, 0.3) is 11.3 Å². The molecule has 1 heterocycles. The van der Waals surface area contributed by atoms with Gasteiger partial charge in [-0.05, 0) is 60.9 Å². The molecular formula is C27H22Cl2N4O3. The van der Waals surface area contributed by atoms with Gasteiger partial charge in [0.1, 0.15) is 5.75 Å². The number of phenolic OH excluding ortho intramolecular Hbond substituents is 1. The molecule has 9 heteroatoms. The minimum absolute atomic E-state index is 0.0192. The Kier molecular flexibility index (Phi) is 6.67. The molecule has 0 bridgehead atoms. The monoisotopic (exact) mass is 520 g/mol. The molecule has 36 heavy (non-hydrogen) atoms. The van der Waals surface area contributed by atoms with Gasteiger partial charge in [-0.15, -0.1) is 0 Å². The minimum atomic E-state index is -0.384. The van der Waals surface area contributed by atoms with E-state index in [1.807, 2.05) is 24.3 Å². The van der Waals surface area contributed by atoms with E-state index in [2.05, 4.69) is 15.7 Å². The summed E-state index contributed by atoms with van der Waals surface area (Å²) in [5, 5.41) is 21.6. The summed E-state index contributed by atoms with van der Waals surface area (Å²) < 4.78 is 1.35. The molecule has 3 aromatic carbocycles. The number of halogens is 2. The van der Waals surface area contributed by atoms with Crippen molar-refractivity contribution >= 4 is 40.8 Å². The zero-order valence-corrected chi connectivity index (χ0v) is 20.6. The van der Waals surface area contributed by atoms with Gasteiger partial charge < -0.3 is 15.7 Å². The van der Waals surface area contributed by atoms with E-state index in [1.54, 1.807) is 42.5 Å². The predicted molar refractivity (Wildman–Crippen MR) is 140 cm³/mol. The van der Waals surface area contributed by atoms with Crippen LogP contribution in [0.15, 0.2) is 72.8 Å². The first-order valence-corrected chi connectivity index (χ1v) is 12.2. The van der Waals surface area contributed by atoms with Crippen molar-refractivity contribution < 1.29 is 14.7 Å². The minimum Gasteiger partial charge on any atom is -0.507 e. The number of hydrogen-bond acceptors (Lipinski definition) is 4. The summed E-state index contributed by atoms with van der Waals surface area (Å²) in [5.41, 5.74) is 3.18. The maximum absolute atomic E-state index is 13.0. The molecule has 0 saturated heterocycles. The SMILES string of the molecule is O=C(Nc1ccc(O)c(-c2cc(C3CC3)n(C(=O)NCc3ccccc3Cl)n2)c1)c1ccccc1Cl. The molecule has 2 amide bonds. The van der Waals surface area contributed by atoms with E-state index in [4.69, 9.17) is 23.2 Å². The third kappa shape index (κ3) is 5.08. The number of rotatable bonds is 6. The van der Waals surface area contributed by atoms with Crippen molar-refractivity contribution in [3.63, 3.8) is 0 Å². The van der Waals surface area contributed by atoms with Crippen LogP contribution >= 0.6 is 23.2 Å². The van der Waals surface area contributed by atoms with E-state index in [-0.39, 0.29) is 30.2 Å². The number of aromatic hydroxyl groups is 1. The number of hydrogen-bond donors (Lipinski definition) is 3. The van der Waals surface area contributed by atoms with Gasteiger partial charge in [-0.3, -0.25) is 4.79 Å². The molecule has 1 saturated carbocycles. The quantitative estimate of drug-likeness (QED) is 0.254. The largest absolute Gasteiger partial charge is 0.507 e. The van der Waals surface area contributed by atoms with Gasteiger partial charge in [0.2, 0.25) is 0 Å². The average molecular weight is 521 g/mol. The fraction of sp³-hybridized carbons (Fsp3) is 0.148. The summed E-state index contributed by atoms with van der Waals surface area (Å²) >= 11 is 12.3. The fourth-order valence-electron chi connectivity index (χ4n) is 3.91. The highest BCUT2D eigenvalue weighted by molar-refractivity contribution is 6.34. The van der Waals surface area contributed by atoms with Crippen molar-refractivity contribution in [3.8, 4) is 17.0 Å². The van der Waals surface area contributed by atoms with Crippen LogP contribution in [0.3, 0.4) is 0 Å². The Hall–Kier alpha value is -3.81. The number of carbonyl (C=O) groups is 2. The Bertz CT molecular complexity index is 1460. The second-order valence-corrected chi connectivity index (χ2v) is 9.37. The van der Waals surface area contributed by atoms with Crippen molar-refractivity contribution in [1.82, 2.24) is 15.1 Å². The molecule has 4 aromatic rings. The second kappa shape index (κ2) is 10.0. The van der Waals surface area contributed by atoms with Crippen molar-refractivity contribution in [2.45, 2.75) is 25.3 Å². The molecule has 7 nitrogen and oxygen atoms in total. The highest BCUT2D eigenvalue weighted by Crippen LogP contribution is 2.42.